The molecule has 4 aromatic rings. The van der Waals surface area contributed by atoms with E-state index in [1.807, 2.05) is 0 Å². The van der Waals surface area contributed by atoms with Crippen molar-refractivity contribution in [2.45, 2.75) is 9.79 Å². The summed E-state index contributed by atoms with van der Waals surface area (Å²) in [6.45, 7) is 0. The van der Waals surface area contributed by atoms with Gasteiger partial charge >= 0.3 is 23.9 Å². The third-order valence-electron chi connectivity index (χ3n) is 5.28. The van der Waals surface area contributed by atoms with E-state index in [0.29, 0.717) is 16.4 Å². The van der Waals surface area contributed by atoms with Gasteiger partial charge in [0.05, 0.1) is 21.6 Å². The van der Waals surface area contributed by atoms with Crippen LogP contribution in [0.3, 0.4) is 0 Å². The van der Waals surface area contributed by atoms with E-state index in [9.17, 15) is 34.5 Å². The maximum Gasteiger partial charge on any atom is 0.340 e. The Hall–Kier alpha value is -5.29. The lowest BCUT2D eigenvalue weighted by Crippen LogP contribution is -2.09. The number of ether oxygens (including phenoxy) is 2. The lowest BCUT2D eigenvalue weighted by atomic mass is 10.1. The van der Waals surface area contributed by atoms with Gasteiger partial charge in [-0.2, -0.15) is 0 Å². The highest BCUT2D eigenvalue weighted by molar-refractivity contribution is 7.99. The molecule has 0 unspecified atom stereocenters. The summed E-state index contributed by atoms with van der Waals surface area (Å²) >= 11 is 1.30. The number of carboxylic acids is 4. The predicted octanol–water partition coefficient (Wildman–Crippen LogP) is 6.22. The molecule has 0 bridgehead atoms. The Balaban J connectivity index is 1.54. The van der Waals surface area contributed by atoms with E-state index in [0.717, 1.165) is 17.0 Å². The highest BCUT2D eigenvalue weighted by Crippen LogP contribution is 2.39. The Morgan fingerprint density at radius 3 is 1.79 bits per heavy atom. The highest BCUT2D eigenvalue weighted by Gasteiger charge is 2.22. The molecule has 0 aliphatic carbocycles. The molecular weight excluding hydrogens is 528 g/mol. The lowest BCUT2D eigenvalue weighted by Gasteiger charge is -2.14. The van der Waals surface area contributed by atoms with Crippen LogP contribution in [-0.2, 0) is 0 Å². The molecule has 0 heterocycles. The van der Waals surface area contributed by atoms with Gasteiger partial charge in [-0.3, -0.25) is 0 Å². The Morgan fingerprint density at radius 2 is 1.15 bits per heavy atom. The van der Waals surface area contributed by atoms with Crippen LogP contribution in [0.5, 0.6) is 23.0 Å². The van der Waals surface area contributed by atoms with Crippen molar-refractivity contribution in [2.75, 3.05) is 0 Å². The van der Waals surface area contributed by atoms with E-state index >= 15 is 0 Å². The molecule has 0 aliphatic rings. The van der Waals surface area contributed by atoms with Gasteiger partial charge in [0.15, 0.2) is 0 Å². The van der Waals surface area contributed by atoms with Crippen molar-refractivity contribution in [1.29, 1.82) is 0 Å². The Kier molecular flexibility index (Phi) is 7.82. The van der Waals surface area contributed by atoms with Gasteiger partial charge in [-0.25, -0.2) is 19.2 Å². The minimum Gasteiger partial charge on any atom is -0.478 e. The standard InChI is InChI=1S/C28H18O10S/c29-25(30)18-13-10-16(14-20(18)27(33)34)37-15-8-11-17(12-9-15)39-23-7-2-1-5-21(23)38-22-6-3-4-19(26(31)32)24(22)28(35)36/h1-14H,(H,29,30)(H,31,32)(H,33,34)(H,35,36). The van der Waals surface area contributed by atoms with Crippen LogP contribution in [0.15, 0.2) is 94.7 Å². The summed E-state index contributed by atoms with van der Waals surface area (Å²) in [5, 5.41) is 37.4. The van der Waals surface area contributed by atoms with Crippen molar-refractivity contribution in [1.82, 2.24) is 0 Å². The summed E-state index contributed by atoms with van der Waals surface area (Å²) in [5.74, 6) is -4.86. The quantitative estimate of drug-likeness (QED) is 0.178. The van der Waals surface area contributed by atoms with E-state index in [2.05, 4.69) is 0 Å². The highest BCUT2D eigenvalue weighted by atomic mass is 32.2. The zero-order chi connectivity index (χ0) is 28.1. The first-order valence-electron chi connectivity index (χ1n) is 11.1. The zero-order valence-electron chi connectivity index (χ0n) is 19.7. The fourth-order valence-corrected chi connectivity index (χ4v) is 4.42. The monoisotopic (exact) mass is 546 g/mol. The van der Waals surface area contributed by atoms with Gasteiger partial charge in [-0.1, -0.05) is 30.0 Å². The number of para-hydroxylation sites is 1. The SMILES string of the molecule is O=C(O)c1ccc(Oc2ccc(Sc3ccccc3Oc3cccc(C(=O)O)c3C(=O)O)cc2)cc1C(=O)O. The molecule has 0 radical (unpaired) electrons. The van der Waals surface area contributed by atoms with E-state index in [-0.39, 0.29) is 17.1 Å². The van der Waals surface area contributed by atoms with Gasteiger partial charge in [-0.15, -0.1) is 0 Å². The summed E-state index contributed by atoms with van der Waals surface area (Å²) in [5.41, 5.74) is -1.61. The molecule has 196 valence electrons. The second-order valence-corrected chi connectivity index (χ2v) is 8.95. The molecule has 0 spiro atoms. The molecule has 0 fully saturated rings. The number of carboxylic acid groups (broad SMARTS) is 4. The van der Waals surface area contributed by atoms with Crippen LogP contribution in [0.4, 0.5) is 0 Å². The van der Waals surface area contributed by atoms with Gasteiger partial charge in [0.25, 0.3) is 0 Å². The molecule has 39 heavy (non-hydrogen) atoms. The first-order chi connectivity index (χ1) is 18.6. The molecule has 11 heteroatoms. The minimum atomic E-state index is -1.43. The summed E-state index contributed by atoms with van der Waals surface area (Å²) in [4.78, 5) is 47.3. The van der Waals surface area contributed by atoms with Crippen LogP contribution in [0, 0.1) is 0 Å². The minimum absolute atomic E-state index is 0.117. The smallest absolute Gasteiger partial charge is 0.340 e. The number of hydrogen-bond donors (Lipinski definition) is 4. The van der Waals surface area contributed by atoms with Crippen LogP contribution in [0.1, 0.15) is 41.4 Å². The van der Waals surface area contributed by atoms with Crippen LogP contribution in [0.2, 0.25) is 0 Å². The summed E-state index contributed by atoms with van der Waals surface area (Å²) < 4.78 is 11.5. The van der Waals surface area contributed by atoms with Crippen molar-refractivity contribution in [3.63, 3.8) is 0 Å². The lowest BCUT2D eigenvalue weighted by molar-refractivity contribution is 0.0649. The molecule has 0 saturated carbocycles. The van der Waals surface area contributed by atoms with Crippen molar-refractivity contribution < 1.29 is 49.1 Å². The van der Waals surface area contributed by atoms with Crippen molar-refractivity contribution in [2.24, 2.45) is 0 Å². The van der Waals surface area contributed by atoms with Crippen LogP contribution < -0.4 is 9.47 Å². The Morgan fingerprint density at radius 1 is 0.538 bits per heavy atom. The molecule has 0 aromatic heterocycles. The molecule has 0 atom stereocenters. The molecule has 4 N–H and O–H groups in total. The molecule has 10 nitrogen and oxygen atoms in total. The number of carbonyl (C=O) groups is 4. The van der Waals surface area contributed by atoms with Crippen LogP contribution in [0.25, 0.3) is 0 Å². The predicted molar refractivity (Wildman–Crippen MR) is 138 cm³/mol. The maximum absolute atomic E-state index is 11.8. The van der Waals surface area contributed by atoms with E-state index in [1.54, 1.807) is 48.5 Å². The van der Waals surface area contributed by atoms with E-state index in [1.165, 1.54) is 36.0 Å². The largest absolute Gasteiger partial charge is 0.478 e. The number of benzene rings is 4. The Labute approximate surface area is 224 Å². The third-order valence-corrected chi connectivity index (χ3v) is 6.34. The third kappa shape index (κ3) is 6.17. The first-order valence-corrected chi connectivity index (χ1v) is 11.9. The van der Waals surface area contributed by atoms with Crippen LogP contribution >= 0.6 is 11.8 Å². The van der Waals surface area contributed by atoms with Gasteiger partial charge in [-0.05, 0) is 66.7 Å². The second-order valence-electron chi connectivity index (χ2n) is 7.83. The first kappa shape index (κ1) is 26.8. The van der Waals surface area contributed by atoms with E-state index in [4.69, 9.17) is 14.6 Å². The Bertz CT molecular complexity index is 1590. The molecule has 0 amide bonds. The summed E-state index contributed by atoms with van der Waals surface area (Å²) in [6.07, 6.45) is 0. The van der Waals surface area contributed by atoms with Gasteiger partial charge in [0.1, 0.15) is 28.6 Å². The van der Waals surface area contributed by atoms with Gasteiger partial charge in [0, 0.05) is 4.90 Å². The fraction of sp³-hybridized carbons (Fsp3) is 0. The fourth-order valence-electron chi connectivity index (χ4n) is 3.54. The average molecular weight is 547 g/mol. The molecule has 4 aromatic carbocycles. The molecule has 0 saturated heterocycles. The van der Waals surface area contributed by atoms with Crippen molar-refractivity contribution in [3.8, 4) is 23.0 Å². The molecular formula is C28H18O10S. The number of aromatic carboxylic acids is 4. The summed E-state index contributed by atoms with van der Waals surface area (Å²) in [6, 6.07) is 21.2. The zero-order valence-corrected chi connectivity index (χ0v) is 20.5. The molecule has 0 aliphatic heterocycles. The number of hydrogen-bond acceptors (Lipinski definition) is 7. The topological polar surface area (TPSA) is 168 Å². The molecule has 4 rings (SSSR count). The summed E-state index contributed by atoms with van der Waals surface area (Å²) in [7, 11) is 0. The normalized spacial score (nSPS) is 10.5. The van der Waals surface area contributed by atoms with E-state index < -0.39 is 40.6 Å². The second kappa shape index (κ2) is 11.4. The maximum atomic E-state index is 11.8. The van der Waals surface area contributed by atoms with Gasteiger partial charge in [0.2, 0.25) is 0 Å². The average Bonchev–Trinajstić information content (AvgIpc) is 2.90. The van der Waals surface area contributed by atoms with Crippen molar-refractivity contribution in [3.05, 3.63) is 107 Å². The van der Waals surface area contributed by atoms with Gasteiger partial charge < -0.3 is 29.9 Å². The van der Waals surface area contributed by atoms with Crippen LogP contribution in [-0.4, -0.2) is 44.3 Å². The van der Waals surface area contributed by atoms with Crippen molar-refractivity contribution >= 4 is 35.6 Å². The number of rotatable bonds is 10.